The summed E-state index contributed by atoms with van der Waals surface area (Å²) in [6, 6.07) is 10.2. The molecule has 0 radical (unpaired) electrons. The molecule has 1 aromatic heterocycles. The molecule has 0 aliphatic heterocycles. The van der Waals surface area contributed by atoms with E-state index in [2.05, 4.69) is 10.3 Å². The van der Waals surface area contributed by atoms with Crippen LogP contribution in [0.1, 0.15) is 24.1 Å². The van der Waals surface area contributed by atoms with Crippen LogP contribution >= 0.6 is 0 Å². The maximum absolute atomic E-state index is 12.3. The Kier molecular flexibility index (Phi) is 6.68. The van der Waals surface area contributed by atoms with Crippen LogP contribution in [-0.4, -0.2) is 35.9 Å². The zero-order valence-corrected chi connectivity index (χ0v) is 14.2. The summed E-state index contributed by atoms with van der Waals surface area (Å²) in [5.74, 6) is 0.695. The van der Waals surface area contributed by atoms with Crippen molar-refractivity contribution in [2.45, 2.75) is 26.0 Å². The minimum atomic E-state index is -2.55. The molecule has 0 fully saturated rings. The van der Waals surface area contributed by atoms with Gasteiger partial charge in [0.25, 0.3) is 6.43 Å². The first-order valence-electron chi connectivity index (χ1n) is 7.87. The number of carbonyl (C=O) groups is 1. The van der Waals surface area contributed by atoms with Crippen molar-refractivity contribution >= 4 is 6.03 Å². The van der Waals surface area contributed by atoms with E-state index in [1.807, 2.05) is 24.3 Å². The van der Waals surface area contributed by atoms with Gasteiger partial charge in [-0.25, -0.2) is 13.6 Å². The number of pyridine rings is 1. The average Bonchev–Trinajstić information content (AvgIpc) is 2.60. The van der Waals surface area contributed by atoms with E-state index >= 15 is 0 Å². The first-order chi connectivity index (χ1) is 12.0. The van der Waals surface area contributed by atoms with E-state index < -0.39 is 19.0 Å². The lowest BCUT2D eigenvalue weighted by Gasteiger charge is -2.21. The van der Waals surface area contributed by atoms with Gasteiger partial charge in [-0.3, -0.25) is 4.98 Å². The third-order valence-corrected chi connectivity index (χ3v) is 3.61. The van der Waals surface area contributed by atoms with Gasteiger partial charge in [-0.15, -0.1) is 0 Å². The average molecular weight is 349 g/mol. The molecular weight excluding hydrogens is 328 g/mol. The molecule has 0 aliphatic rings. The molecule has 0 spiro atoms. The van der Waals surface area contributed by atoms with Gasteiger partial charge < -0.3 is 15.0 Å². The number of nitrogens with zero attached hydrogens (tertiary/aromatic N) is 2. The van der Waals surface area contributed by atoms with Gasteiger partial charge in [0, 0.05) is 25.0 Å². The minimum Gasteiger partial charge on any atom is -0.489 e. The lowest BCUT2D eigenvalue weighted by Crippen LogP contribution is -2.40. The Hall–Kier alpha value is -2.70. The molecule has 1 heterocycles. The second-order valence-corrected chi connectivity index (χ2v) is 5.66. The molecule has 2 rings (SSSR count). The third-order valence-electron chi connectivity index (χ3n) is 3.61. The van der Waals surface area contributed by atoms with E-state index in [4.69, 9.17) is 4.74 Å². The molecule has 0 saturated carbocycles. The van der Waals surface area contributed by atoms with Gasteiger partial charge in [-0.05, 0) is 30.7 Å². The van der Waals surface area contributed by atoms with Gasteiger partial charge in [0.2, 0.25) is 0 Å². The highest BCUT2D eigenvalue weighted by Gasteiger charge is 2.16. The number of halogens is 2. The highest BCUT2D eigenvalue weighted by molar-refractivity contribution is 5.74. The van der Waals surface area contributed by atoms with E-state index in [1.165, 1.54) is 7.05 Å². The van der Waals surface area contributed by atoms with Crippen molar-refractivity contribution in [3.63, 3.8) is 0 Å². The fourth-order valence-corrected chi connectivity index (χ4v) is 2.17. The number of alkyl halides is 2. The van der Waals surface area contributed by atoms with Crippen LogP contribution in [0.4, 0.5) is 13.6 Å². The fraction of sp³-hybridized carbons (Fsp3) is 0.333. The van der Waals surface area contributed by atoms with Gasteiger partial charge in [-0.2, -0.15) is 0 Å². The van der Waals surface area contributed by atoms with Crippen LogP contribution in [-0.2, 0) is 6.61 Å². The number of hydrogen-bond acceptors (Lipinski definition) is 3. The first kappa shape index (κ1) is 18.6. The lowest BCUT2D eigenvalue weighted by atomic mass is 10.1. The highest BCUT2D eigenvalue weighted by Crippen LogP contribution is 2.18. The van der Waals surface area contributed by atoms with Crippen LogP contribution < -0.4 is 10.1 Å². The summed E-state index contributed by atoms with van der Waals surface area (Å²) in [4.78, 5) is 16.8. The van der Waals surface area contributed by atoms with E-state index in [9.17, 15) is 13.6 Å². The van der Waals surface area contributed by atoms with E-state index in [0.29, 0.717) is 12.4 Å². The summed E-state index contributed by atoms with van der Waals surface area (Å²) in [7, 11) is 1.34. The number of aromatic nitrogens is 1. The molecule has 25 heavy (non-hydrogen) atoms. The standard InChI is InChI=1S/C18H21F2N3O2/c1-13(22-18(24)23(2)11-17(19)20)15-5-7-16(8-6-15)25-12-14-4-3-9-21-10-14/h3-10,13,17H,11-12H2,1-2H3,(H,22,24)/t13-/m1/s1. The van der Waals surface area contributed by atoms with Crippen molar-refractivity contribution in [2.24, 2.45) is 0 Å². The van der Waals surface area contributed by atoms with Crippen LogP contribution in [0.25, 0.3) is 0 Å². The molecule has 0 aliphatic carbocycles. The number of rotatable bonds is 7. The summed E-state index contributed by atoms with van der Waals surface area (Å²) in [6.07, 6.45) is 0.886. The summed E-state index contributed by atoms with van der Waals surface area (Å²) in [5.41, 5.74) is 1.82. The quantitative estimate of drug-likeness (QED) is 0.830. The van der Waals surface area contributed by atoms with E-state index in [-0.39, 0.29) is 6.04 Å². The Balaban J connectivity index is 1.87. The molecule has 7 heteroatoms. The number of urea groups is 1. The molecule has 134 valence electrons. The number of ether oxygens (including phenoxy) is 1. The minimum absolute atomic E-state index is 0.306. The summed E-state index contributed by atoms with van der Waals surface area (Å²) in [6.45, 7) is 1.61. The number of benzene rings is 1. The monoisotopic (exact) mass is 349 g/mol. The van der Waals surface area contributed by atoms with Crippen molar-refractivity contribution in [1.29, 1.82) is 0 Å². The maximum atomic E-state index is 12.3. The number of hydrogen-bond donors (Lipinski definition) is 1. The van der Waals surface area contributed by atoms with Gasteiger partial charge in [0.15, 0.2) is 0 Å². The van der Waals surface area contributed by atoms with Crippen LogP contribution in [0.3, 0.4) is 0 Å². The van der Waals surface area contributed by atoms with Crippen LogP contribution in [0.15, 0.2) is 48.8 Å². The Morgan fingerprint density at radius 2 is 2.00 bits per heavy atom. The molecule has 1 aromatic carbocycles. The fourth-order valence-electron chi connectivity index (χ4n) is 2.17. The zero-order chi connectivity index (χ0) is 18.2. The second kappa shape index (κ2) is 8.96. The summed E-state index contributed by atoms with van der Waals surface area (Å²) < 4.78 is 30.3. The van der Waals surface area contributed by atoms with E-state index in [1.54, 1.807) is 31.5 Å². The molecule has 2 aromatic rings. The normalized spacial score (nSPS) is 11.9. The number of nitrogens with one attached hydrogen (secondary N) is 1. The Bertz CT molecular complexity index is 666. The van der Waals surface area contributed by atoms with E-state index in [0.717, 1.165) is 16.0 Å². The summed E-state index contributed by atoms with van der Waals surface area (Å²) in [5, 5.41) is 2.68. The largest absolute Gasteiger partial charge is 0.489 e. The zero-order valence-electron chi connectivity index (χ0n) is 14.2. The molecule has 0 saturated heterocycles. The van der Waals surface area contributed by atoms with Crippen LogP contribution in [0.2, 0.25) is 0 Å². The maximum Gasteiger partial charge on any atom is 0.317 e. The number of amides is 2. The van der Waals surface area contributed by atoms with Crippen molar-refractivity contribution in [1.82, 2.24) is 15.2 Å². The van der Waals surface area contributed by atoms with Gasteiger partial charge in [0.05, 0.1) is 12.6 Å². The Morgan fingerprint density at radius 1 is 1.28 bits per heavy atom. The Morgan fingerprint density at radius 3 is 2.60 bits per heavy atom. The number of carbonyl (C=O) groups excluding carboxylic acids is 1. The van der Waals surface area contributed by atoms with Crippen LogP contribution in [0, 0.1) is 0 Å². The molecule has 0 bridgehead atoms. The molecular formula is C18H21F2N3O2. The van der Waals surface area contributed by atoms with Crippen LogP contribution in [0.5, 0.6) is 5.75 Å². The third kappa shape index (κ3) is 6.02. The van der Waals surface area contributed by atoms with Crippen molar-refractivity contribution in [3.05, 3.63) is 59.9 Å². The predicted octanol–water partition coefficient (Wildman–Crippen LogP) is 3.63. The SMILES string of the molecule is C[C@@H](NC(=O)N(C)CC(F)F)c1ccc(OCc2cccnc2)cc1. The van der Waals surface area contributed by atoms with Crippen molar-refractivity contribution in [2.75, 3.05) is 13.6 Å². The molecule has 1 N–H and O–H groups in total. The van der Waals surface area contributed by atoms with Crippen molar-refractivity contribution < 1.29 is 18.3 Å². The van der Waals surface area contributed by atoms with Gasteiger partial charge >= 0.3 is 6.03 Å². The lowest BCUT2D eigenvalue weighted by molar-refractivity contribution is 0.107. The topological polar surface area (TPSA) is 54.5 Å². The van der Waals surface area contributed by atoms with Crippen molar-refractivity contribution in [3.8, 4) is 5.75 Å². The smallest absolute Gasteiger partial charge is 0.317 e. The van der Waals surface area contributed by atoms with Gasteiger partial charge in [-0.1, -0.05) is 18.2 Å². The summed E-state index contributed by atoms with van der Waals surface area (Å²) >= 11 is 0. The second-order valence-electron chi connectivity index (χ2n) is 5.66. The molecule has 5 nitrogen and oxygen atoms in total. The molecule has 1 atom stereocenters. The van der Waals surface area contributed by atoms with Gasteiger partial charge in [0.1, 0.15) is 12.4 Å². The Labute approximate surface area is 145 Å². The first-order valence-corrected chi connectivity index (χ1v) is 7.87. The predicted molar refractivity (Wildman–Crippen MR) is 90.6 cm³/mol. The molecule has 2 amide bonds. The molecule has 0 unspecified atom stereocenters. The highest BCUT2D eigenvalue weighted by atomic mass is 19.3.